The number of hydrogen-bond donors (Lipinski definition) is 0. The number of carbonyl (C=O) groups excluding carboxylic acids is 1. The summed E-state index contributed by atoms with van der Waals surface area (Å²) < 4.78 is 2.03. The Morgan fingerprint density at radius 2 is 2.17 bits per heavy atom. The quantitative estimate of drug-likeness (QED) is 0.811. The standard InChI is InChI=1S/C13H22N4O/c1-10(18)8-12-6-4-5-7-17(12)9-13-15-14-11(2)16(13)3/h12H,4-9H2,1-3H3. The van der Waals surface area contributed by atoms with Crippen molar-refractivity contribution in [3.63, 3.8) is 0 Å². The molecule has 1 aromatic rings. The number of rotatable bonds is 4. The first-order chi connectivity index (χ1) is 8.58. The fourth-order valence-electron chi connectivity index (χ4n) is 2.60. The third-order valence-corrected chi connectivity index (χ3v) is 3.80. The predicted molar refractivity (Wildman–Crippen MR) is 69.1 cm³/mol. The minimum Gasteiger partial charge on any atom is -0.317 e. The monoisotopic (exact) mass is 250 g/mol. The number of nitrogens with zero attached hydrogens (tertiary/aromatic N) is 4. The molecular weight excluding hydrogens is 228 g/mol. The summed E-state index contributed by atoms with van der Waals surface area (Å²) in [6, 6.07) is 0.383. The largest absolute Gasteiger partial charge is 0.317 e. The van der Waals surface area contributed by atoms with E-state index in [0.29, 0.717) is 12.5 Å². The first-order valence-electron chi connectivity index (χ1n) is 6.66. The summed E-state index contributed by atoms with van der Waals surface area (Å²) in [4.78, 5) is 13.7. The van der Waals surface area contributed by atoms with Gasteiger partial charge in [-0.15, -0.1) is 10.2 Å². The zero-order valence-corrected chi connectivity index (χ0v) is 11.5. The van der Waals surface area contributed by atoms with Crippen LogP contribution in [0.5, 0.6) is 0 Å². The van der Waals surface area contributed by atoms with Gasteiger partial charge >= 0.3 is 0 Å². The Balaban J connectivity index is 2.05. The maximum Gasteiger partial charge on any atom is 0.146 e. The lowest BCUT2D eigenvalue weighted by Crippen LogP contribution is -2.40. The summed E-state index contributed by atoms with van der Waals surface area (Å²) in [5, 5.41) is 8.30. The normalized spacial score (nSPS) is 21.2. The Hall–Kier alpha value is -1.23. The molecule has 0 radical (unpaired) electrons. The van der Waals surface area contributed by atoms with E-state index in [1.807, 2.05) is 18.5 Å². The Morgan fingerprint density at radius 3 is 2.78 bits per heavy atom. The lowest BCUT2D eigenvalue weighted by atomic mass is 9.98. The van der Waals surface area contributed by atoms with Gasteiger partial charge in [-0.1, -0.05) is 6.42 Å². The van der Waals surface area contributed by atoms with Gasteiger partial charge in [-0.25, -0.2) is 0 Å². The van der Waals surface area contributed by atoms with Crippen molar-refractivity contribution in [2.45, 2.75) is 52.1 Å². The third-order valence-electron chi connectivity index (χ3n) is 3.80. The van der Waals surface area contributed by atoms with Crippen LogP contribution < -0.4 is 0 Å². The fraction of sp³-hybridized carbons (Fsp3) is 0.769. The first kappa shape index (κ1) is 13.2. The second-order valence-electron chi connectivity index (χ2n) is 5.25. The van der Waals surface area contributed by atoms with Gasteiger partial charge in [0.25, 0.3) is 0 Å². The van der Waals surface area contributed by atoms with E-state index in [4.69, 9.17) is 0 Å². The highest BCUT2D eigenvalue weighted by Crippen LogP contribution is 2.21. The predicted octanol–water partition coefficient (Wildman–Crippen LogP) is 1.46. The molecule has 0 spiro atoms. The van der Waals surface area contributed by atoms with Crippen LogP contribution in [-0.2, 0) is 18.4 Å². The van der Waals surface area contributed by atoms with Crippen LogP contribution in [0.1, 0.15) is 44.3 Å². The average Bonchev–Trinajstić information content (AvgIpc) is 2.63. The highest BCUT2D eigenvalue weighted by Gasteiger charge is 2.24. The Kier molecular flexibility index (Phi) is 4.11. The van der Waals surface area contributed by atoms with Crippen LogP contribution in [0.25, 0.3) is 0 Å². The smallest absolute Gasteiger partial charge is 0.146 e. The van der Waals surface area contributed by atoms with E-state index >= 15 is 0 Å². The first-order valence-corrected chi connectivity index (χ1v) is 6.66. The molecule has 1 saturated heterocycles. The minimum absolute atomic E-state index is 0.279. The Bertz CT molecular complexity index is 427. The number of aromatic nitrogens is 3. The summed E-state index contributed by atoms with van der Waals surface area (Å²) in [5.74, 6) is 2.20. The van der Waals surface area contributed by atoms with Gasteiger partial charge in [0.15, 0.2) is 0 Å². The van der Waals surface area contributed by atoms with Crippen LogP contribution in [0.3, 0.4) is 0 Å². The van der Waals surface area contributed by atoms with Gasteiger partial charge in [0.1, 0.15) is 17.4 Å². The van der Waals surface area contributed by atoms with E-state index in [-0.39, 0.29) is 5.78 Å². The van der Waals surface area contributed by atoms with Crippen molar-refractivity contribution in [2.75, 3.05) is 6.54 Å². The van der Waals surface area contributed by atoms with Gasteiger partial charge in [-0.2, -0.15) is 0 Å². The number of Topliss-reactive ketones (excluding diaryl/α,β-unsaturated/α-hetero) is 1. The second kappa shape index (κ2) is 5.61. The van der Waals surface area contributed by atoms with Crippen LogP contribution in [-0.4, -0.2) is 38.0 Å². The number of piperidine rings is 1. The second-order valence-corrected chi connectivity index (χ2v) is 5.25. The van der Waals surface area contributed by atoms with Gasteiger partial charge < -0.3 is 4.57 Å². The summed E-state index contributed by atoms with van der Waals surface area (Å²) in [6.07, 6.45) is 4.23. The minimum atomic E-state index is 0.279. The van der Waals surface area contributed by atoms with Gasteiger partial charge in [0.05, 0.1) is 6.54 Å². The average molecular weight is 250 g/mol. The van der Waals surface area contributed by atoms with Crippen molar-refractivity contribution >= 4 is 5.78 Å². The van der Waals surface area contributed by atoms with Crippen molar-refractivity contribution in [1.82, 2.24) is 19.7 Å². The number of aryl methyl sites for hydroxylation is 1. The van der Waals surface area contributed by atoms with Crippen LogP contribution in [0.15, 0.2) is 0 Å². The van der Waals surface area contributed by atoms with Crippen molar-refractivity contribution in [1.29, 1.82) is 0 Å². The fourth-order valence-corrected chi connectivity index (χ4v) is 2.60. The zero-order chi connectivity index (χ0) is 13.1. The molecule has 2 heterocycles. The molecule has 100 valence electrons. The molecule has 2 rings (SSSR count). The van der Waals surface area contributed by atoms with E-state index in [2.05, 4.69) is 15.1 Å². The number of ketones is 1. The molecule has 0 aromatic carbocycles. The van der Waals surface area contributed by atoms with E-state index < -0.39 is 0 Å². The number of carbonyl (C=O) groups is 1. The molecule has 1 atom stereocenters. The summed E-state index contributed by atoms with van der Waals surface area (Å²) in [5.41, 5.74) is 0. The summed E-state index contributed by atoms with van der Waals surface area (Å²) in [6.45, 7) is 5.50. The topological polar surface area (TPSA) is 51.0 Å². The molecule has 1 aromatic heterocycles. The molecule has 1 unspecified atom stereocenters. The van der Waals surface area contributed by atoms with Crippen molar-refractivity contribution < 1.29 is 4.79 Å². The van der Waals surface area contributed by atoms with Crippen molar-refractivity contribution in [2.24, 2.45) is 7.05 Å². The summed E-state index contributed by atoms with van der Waals surface area (Å²) in [7, 11) is 1.99. The molecule has 5 heteroatoms. The number of hydrogen-bond acceptors (Lipinski definition) is 4. The highest BCUT2D eigenvalue weighted by atomic mass is 16.1. The maximum atomic E-state index is 11.3. The Labute approximate surface area is 108 Å². The van der Waals surface area contributed by atoms with Gasteiger partial charge in [0, 0.05) is 19.5 Å². The molecule has 0 amide bonds. The van der Waals surface area contributed by atoms with Crippen LogP contribution in [0, 0.1) is 6.92 Å². The highest BCUT2D eigenvalue weighted by molar-refractivity contribution is 5.76. The molecule has 1 aliphatic rings. The summed E-state index contributed by atoms with van der Waals surface area (Å²) >= 11 is 0. The molecule has 0 saturated carbocycles. The molecule has 0 bridgehead atoms. The molecule has 0 aliphatic carbocycles. The Morgan fingerprint density at radius 1 is 1.39 bits per heavy atom. The van der Waals surface area contributed by atoms with Crippen molar-refractivity contribution in [3.05, 3.63) is 11.6 Å². The molecule has 5 nitrogen and oxygen atoms in total. The maximum absolute atomic E-state index is 11.3. The van der Waals surface area contributed by atoms with Gasteiger partial charge in [0.2, 0.25) is 0 Å². The van der Waals surface area contributed by atoms with Crippen LogP contribution >= 0.6 is 0 Å². The lowest BCUT2D eigenvalue weighted by molar-refractivity contribution is -0.118. The zero-order valence-electron chi connectivity index (χ0n) is 11.5. The molecule has 1 aliphatic heterocycles. The van der Waals surface area contributed by atoms with Crippen LogP contribution in [0.4, 0.5) is 0 Å². The SMILES string of the molecule is CC(=O)CC1CCCCN1Cc1nnc(C)n1C. The molecule has 0 N–H and O–H groups in total. The molecule has 18 heavy (non-hydrogen) atoms. The lowest BCUT2D eigenvalue weighted by Gasteiger charge is -2.34. The van der Waals surface area contributed by atoms with E-state index in [9.17, 15) is 4.79 Å². The van der Waals surface area contributed by atoms with Gasteiger partial charge in [-0.05, 0) is 33.2 Å². The van der Waals surface area contributed by atoms with E-state index in [1.165, 1.54) is 12.8 Å². The molecule has 1 fully saturated rings. The number of likely N-dealkylation sites (tertiary alicyclic amines) is 1. The van der Waals surface area contributed by atoms with E-state index in [1.54, 1.807) is 6.92 Å². The van der Waals surface area contributed by atoms with Crippen molar-refractivity contribution in [3.8, 4) is 0 Å². The van der Waals surface area contributed by atoms with Crippen LogP contribution in [0.2, 0.25) is 0 Å². The third kappa shape index (κ3) is 2.96. The molecular formula is C13H22N4O. The van der Waals surface area contributed by atoms with Gasteiger partial charge in [-0.3, -0.25) is 9.69 Å². The van der Waals surface area contributed by atoms with E-state index in [0.717, 1.165) is 31.2 Å².